The van der Waals surface area contributed by atoms with Crippen LogP contribution in [-0.2, 0) is 12.8 Å². The molecule has 1 fully saturated rings. The van der Waals surface area contributed by atoms with E-state index in [2.05, 4.69) is 16.0 Å². The number of fused-ring (bicyclic) bond motifs is 1. The zero-order chi connectivity index (χ0) is 11.0. The van der Waals surface area contributed by atoms with E-state index in [1.165, 1.54) is 42.6 Å². The van der Waals surface area contributed by atoms with Gasteiger partial charge in [0, 0.05) is 36.7 Å². The molecule has 1 aliphatic heterocycles. The van der Waals surface area contributed by atoms with Crippen molar-refractivity contribution in [1.82, 2.24) is 4.98 Å². The van der Waals surface area contributed by atoms with Crippen LogP contribution in [0.5, 0.6) is 0 Å². The Morgan fingerprint density at radius 1 is 1.31 bits per heavy atom. The van der Waals surface area contributed by atoms with Gasteiger partial charge in [-0.3, -0.25) is 4.98 Å². The molecule has 0 bridgehead atoms. The molecule has 2 aliphatic rings. The van der Waals surface area contributed by atoms with Crippen LogP contribution in [0, 0.1) is 0 Å². The van der Waals surface area contributed by atoms with Gasteiger partial charge in [-0.1, -0.05) is 0 Å². The van der Waals surface area contributed by atoms with Crippen LogP contribution in [-0.4, -0.2) is 24.1 Å². The minimum absolute atomic E-state index is 0.346. The predicted molar refractivity (Wildman–Crippen MR) is 65.7 cm³/mol. The summed E-state index contributed by atoms with van der Waals surface area (Å²) in [4.78, 5) is 6.93. The van der Waals surface area contributed by atoms with E-state index in [-0.39, 0.29) is 0 Å². The predicted octanol–water partition coefficient (Wildman–Crippen LogP) is 1.50. The van der Waals surface area contributed by atoms with Gasteiger partial charge in [0.05, 0.1) is 0 Å². The van der Waals surface area contributed by atoms with E-state index >= 15 is 0 Å². The number of nitrogens with zero attached hydrogens (tertiary/aromatic N) is 2. The van der Waals surface area contributed by atoms with E-state index in [1.54, 1.807) is 0 Å². The molecule has 2 N–H and O–H groups in total. The molecule has 0 spiro atoms. The quantitative estimate of drug-likeness (QED) is 0.775. The fraction of sp³-hybridized carbons (Fsp3) is 0.615. The van der Waals surface area contributed by atoms with Crippen molar-refractivity contribution in [3.05, 3.63) is 23.5 Å². The van der Waals surface area contributed by atoms with Crippen LogP contribution in [0.3, 0.4) is 0 Å². The molecule has 0 saturated carbocycles. The average molecular weight is 217 g/mol. The van der Waals surface area contributed by atoms with Crippen molar-refractivity contribution in [2.24, 2.45) is 5.73 Å². The molecule has 1 aliphatic carbocycles. The smallest absolute Gasteiger partial charge is 0.0456 e. The van der Waals surface area contributed by atoms with E-state index in [1.807, 2.05) is 6.20 Å². The largest absolute Gasteiger partial charge is 0.370 e. The number of aromatic nitrogens is 1. The molecule has 1 unspecified atom stereocenters. The molecule has 86 valence electrons. The van der Waals surface area contributed by atoms with Crippen LogP contribution in [0.25, 0.3) is 0 Å². The van der Waals surface area contributed by atoms with E-state index < -0.39 is 0 Å². The van der Waals surface area contributed by atoms with Gasteiger partial charge in [-0.2, -0.15) is 0 Å². The van der Waals surface area contributed by atoms with Gasteiger partial charge in [-0.15, -0.1) is 0 Å². The van der Waals surface area contributed by atoms with Crippen LogP contribution in [0.2, 0.25) is 0 Å². The Balaban J connectivity index is 1.91. The highest BCUT2D eigenvalue weighted by Crippen LogP contribution is 2.31. The van der Waals surface area contributed by atoms with E-state index in [9.17, 15) is 0 Å². The fourth-order valence-electron chi connectivity index (χ4n) is 2.97. The monoisotopic (exact) mass is 217 g/mol. The first-order chi connectivity index (χ1) is 7.84. The summed E-state index contributed by atoms with van der Waals surface area (Å²) < 4.78 is 0. The molecule has 0 aromatic carbocycles. The molecule has 2 heterocycles. The first kappa shape index (κ1) is 10.1. The molecule has 1 aromatic heterocycles. The van der Waals surface area contributed by atoms with Gasteiger partial charge >= 0.3 is 0 Å². The second-order valence-electron chi connectivity index (χ2n) is 4.96. The van der Waals surface area contributed by atoms with Crippen molar-refractivity contribution >= 4 is 5.69 Å². The van der Waals surface area contributed by atoms with Crippen LogP contribution < -0.4 is 10.6 Å². The third-order valence-corrected chi connectivity index (χ3v) is 3.76. The number of rotatable bonds is 1. The van der Waals surface area contributed by atoms with Gasteiger partial charge in [-0.25, -0.2) is 0 Å². The van der Waals surface area contributed by atoms with Crippen molar-refractivity contribution in [1.29, 1.82) is 0 Å². The maximum absolute atomic E-state index is 6.05. The Labute approximate surface area is 96.7 Å². The molecular weight excluding hydrogens is 198 g/mol. The van der Waals surface area contributed by atoms with E-state index in [0.717, 1.165) is 19.5 Å². The number of hydrogen-bond acceptors (Lipinski definition) is 3. The average Bonchev–Trinajstić information content (AvgIpc) is 2.76. The molecule has 3 heteroatoms. The molecule has 1 saturated heterocycles. The zero-order valence-electron chi connectivity index (χ0n) is 9.65. The van der Waals surface area contributed by atoms with Gasteiger partial charge < -0.3 is 10.6 Å². The van der Waals surface area contributed by atoms with Crippen LogP contribution >= 0.6 is 0 Å². The van der Waals surface area contributed by atoms with Crippen molar-refractivity contribution in [3.8, 4) is 0 Å². The molecule has 0 radical (unpaired) electrons. The standard InChI is InChI=1S/C13H19N3/c14-10-3-2-8-16(9-10)13-6-7-15-12-5-1-4-11(12)13/h6-7,10H,1-5,8-9,14H2. The van der Waals surface area contributed by atoms with Gasteiger partial charge in [0.2, 0.25) is 0 Å². The Kier molecular flexibility index (Phi) is 2.56. The molecule has 3 nitrogen and oxygen atoms in total. The maximum atomic E-state index is 6.05. The summed E-state index contributed by atoms with van der Waals surface area (Å²) >= 11 is 0. The highest BCUT2D eigenvalue weighted by atomic mass is 15.2. The van der Waals surface area contributed by atoms with E-state index in [4.69, 9.17) is 5.73 Å². The van der Waals surface area contributed by atoms with Gasteiger partial charge in [0.25, 0.3) is 0 Å². The van der Waals surface area contributed by atoms with Crippen molar-refractivity contribution in [2.75, 3.05) is 18.0 Å². The highest BCUT2D eigenvalue weighted by Gasteiger charge is 2.22. The Morgan fingerprint density at radius 2 is 2.25 bits per heavy atom. The fourth-order valence-corrected chi connectivity index (χ4v) is 2.97. The molecule has 3 rings (SSSR count). The van der Waals surface area contributed by atoms with Gasteiger partial charge in [0.15, 0.2) is 0 Å². The molecule has 0 amide bonds. The van der Waals surface area contributed by atoms with Crippen molar-refractivity contribution in [3.63, 3.8) is 0 Å². The number of anilines is 1. The summed E-state index contributed by atoms with van der Waals surface area (Å²) in [6.45, 7) is 2.17. The second-order valence-corrected chi connectivity index (χ2v) is 4.96. The first-order valence-electron chi connectivity index (χ1n) is 6.32. The Bertz CT molecular complexity index is 389. The van der Waals surface area contributed by atoms with Crippen LogP contribution in [0.15, 0.2) is 12.3 Å². The minimum Gasteiger partial charge on any atom is -0.370 e. The Hall–Kier alpha value is -1.09. The molecule has 1 atom stereocenters. The lowest BCUT2D eigenvalue weighted by Crippen LogP contribution is -2.43. The number of pyridine rings is 1. The normalized spacial score (nSPS) is 24.6. The molecule has 16 heavy (non-hydrogen) atoms. The molecule has 1 aromatic rings. The topological polar surface area (TPSA) is 42.1 Å². The number of piperidine rings is 1. The Morgan fingerprint density at radius 3 is 3.12 bits per heavy atom. The second kappa shape index (κ2) is 4.06. The molecular formula is C13H19N3. The third kappa shape index (κ3) is 1.69. The van der Waals surface area contributed by atoms with Crippen LogP contribution in [0.4, 0.5) is 5.69 Å². The third-order valence-electron chi connectivity index (χ3n) is 3.76. The summed E-state index contributed by atoms with van der Waals surface area (Å²) in [5.41, 5.74) is 10.3. The summed E-state index contributed by atoms with van der Waals surface area (Å²) in [6.07, 6.45) is 7.97. The summed E-state index contributed by atoms with van der Waals surface area (Å²) in [5, 5.41) is 0. The summed E-state index contributed by atoms with van der Waals surface area (Å²) in [6, 6.07) is 2.52. The SMILES string of the molecule is NC1CCCN(c2ccnc3c2CCC3)C1. The lowest BCUT2D eigenvalue weighted by atomic mass is 10.0. The summed E-state index contributed by atoms with van der Waals surface area (Å²) in [5.74, 6) is 0. The lowest BCUT2D eigenvalue weighted by molar-refractivity contribution is 0.505. The number of nitrogens with two attached hydrogens (primary N) is 1. The van der Waals surface area contributed by atoms with Crippen molar-refractivity contribution in [2.45, 2.75) is 38.1 Å². The maximum Gasteiger partial charge on any atom is 0.0456 e. The first-order valence-corrected chi connectivity index (χ1v) is 6.32. The lowest BCUT2D eigenvalue weighted by Gasteiger charge is -2.33. The van der Waals surface area contributed by atoms with Gasteiger partial charge in [0.1, 0.15) is 0 Å². The highest BCUT2D eigenvalue weighted by molar-refractivity contribution is 5.56. The minimum atomic E-state index is 0.346. The zero-order valence-corrected chi connectivity index (χ0v) is 9.65. The number of hydrogen-bond donors (Lipinski definition) is 1. The summed E-state index contributed by atoms with van der Waals surface area (Å²) in [7, 11) is 0. The van der Waals surface area contributed by atoms with Gasteiger partial charge in [-0.05, 0) is 43.7 Å². The number of aryl methyl sites for hydroxylation is 1. The van der Waals surface area contributed by atoms with Crippen molar-refractivity contribution < 1.29 is 0 Å². The van der Waals surface area contributed by atoms with Crippen LogP contribution in [0.1, 0.15) is 30.5 Å². The van der Waals surface area contributed by atoms with E-state index in [0.29, 0.717) is 6.04 Å².